The third kappa shape index (κ3) is 4.05. The van der Waals surface area contributed by atoms with Gasteiger partial charge in [0.2, 0.25) is 0 Å². The molecule has 0 spiro atoms. The van der Waals surface area contributed by atoms with E-state index in [1.807, 2.05) is 21.6 Å². The summed E-state index contributed by atoms with van der Waals surface area (Å²) in [6, 6.07) is 10.4. The largest absolute Gasteiger partial charge is 0.493 e. The average molecular weight is 432 g/mol. The van der Waals surface area contributed by atoms with Gasteiger partial charge in [0, 0.05) is 25.2 Å². The Labute approximate surface area is 185 Å². The van der Waals surface area contributed by atoms with Gasteiger partial charge in [-0.05, 0) is 56.0 Å². The molecule has 2 aliphatic rings. The molecule has 0 atom stereocenters. The van der Waals surface area contributed by atoms with Crippen molar-refractivity contribution in [2.75, 3.05) is 25.0 Å². The highest BCUT2D eigenvalue weighted by atomic mass is 16.5. The van der Waals surface area contributed by atoms with E-state index in [-0.39, 0.29) is 11.8 Å². The molecule has 2 aromatic heterocycles. The number of carbonyl (C=O) groups is 2. The second kappa shape index (κ2) is 8.78. The number of fused-ring (bicyclic) bond motifs is 5. The molecule has 0 radical (unpaired) electrons. The molecule has 4 heterocycles. The fourth-order valence-corrected chi connectivity index (χ4v) is 4.06. The zero-order valence-corrected chi connectivity index (χ0v) is 17.7. The van der Waals surface area contributed by atoms with Crippen LogP contribution in [-0.2, 0) is 6.54 Å². The maximum atomic E-state index is 13.2. The summed E-state index contributed by atoms with van der Waals surface area (Å²) in [5.41, 5.74) is 1.44. The minimum absolute atomic E-state index is 0.0584. The number of nitrogens with one attached hydrogen (secondary N) is 1. The van der Waals surface area contributed by atoms with Crippen molar-refractivity contribution in [3.05, 3.63) is 53.9 Å². The summed E-state index contributed by atoms with van der Waals surface area (Å²) < 4.78 is 7.89. The molecule has 2 aliphatic heterocycles. The Morgan fingerprint density at radius 3 is 2.75 bits per heavy atom. The number of hydrogen-bond acceptors (Lipinski definition) is 6. The first-order chi connectivity index (χ1) is 15.7. The molecule has 5 rings (SSSR count). The number of nitrogens with zero attached hydrogens (tertiary/aromatic N) is 5. The van der Waals surface area contributed by atoms with Crippen LogP contribution in [0.25, 0.3) is 11.5 Å². The van der Waals surface area contributed by atoms with E-state index in [2.05, 4.69) is 20.5 Å². The summed E-state index contributed by atoms with van der Waals surface area (Å²) in [6.45, 7) is 2.70. The van der Waals surface area contributed by atoms with E-state index in [1.54, 1.807) is 30.6 Å². The molecule has 9 nitrogen and oxygen atoms in total. The van der Waals surface area contributed by atoms with Crippen molar-refractivity contribution in [3.8, 4) is 17.3 Å². The zero-order chi connectivity index (χ0) is 21.9. The Morgan fingerprint density at radius 1 is 1.03 bits per heavy atom. The summed E-state index contributed by atoms with van der Waals surface area (Å²) >= 11 is 0. The molecule has 2 amide bonds. The third-order valence-corrected chi connectivity index (χ3v) is 5.75. The van der Waals surface area contributed by atoms with E-state index < -0.39 is 0 Å². The molecule has 2 bridgehead atoms. The second-order valence-electron chi connectivity index (χ2n) is 7.98. The first-order valence-corrected chi connectivity index (χ1v) is 10.9. The smallest absolute Gasteiger partial charge is 0.260 e. The van der Waals surface area contributed by atoms with Crippen LogP contribution >= 0.6 is 0 Å². The van der Waals surface area contributed by atoms with Gasteiger partial charge in [0.25, 0.3) is 11.8 Å². The van der Waals surface area contributed by atoms with Gasteiger partial charge >= 0.3 is 0 Å². The summed E-state index contributed by atoms with van der Waals surface area (Å²) in [5.74, 6) is 1.06. The maximum absolute atomic E-state index is 13.2. The number of benzene rings is 1. The van der Waals surface area contributed by atoms with Crippen LogP contribution in [0.4, 0.5) is 5.82 Å². The van der Waals surface area contributed by atoms with Crippen molar-refractivity contribution >= 4 is 17.6 Å². The van der Waals surface area contributed by atoms with Gasteiger partial charge in [-0.25, -0.2) is 4.98 Å². The van der Waals surface area contributed by atoms with Crippen molar-refractivity contribution in [2.24, 2.45) is 0 Å². The minimum atomic E-state index is -0.376. The topological polar surface area (TPSA) is 102 Å². The molecule has 3 aromatic rings. The second-order valence-corrected chi connectivity index (χ2v) is 7.98. The number of anilines is 1. The van der Waals surface area contributed by atoms with Crippen LogP contribution in [0.1, 0.15) is 46.4 Å². The number of aryl methyl sites for hydroxylation is 1. The van der Waals surface area contributed by atoms with Crippen LogP contribution in [0, 0.1) is 0 Å². The Bertz CT molecular complexity index is 1150. The maximum Gasteiger partial charge on any atom is 0.260 e. The Kier molecular flexibility index (Phi) is 5.53. The lowest BCUT2D eigenvalue weighted by Gasteiger charge is -2.18. The van der Waals surface area contributed by atoms with Gasteiger partial charge in [0.05, 0.1) is 12.2 Å². The fourth-order valence-electron chi connectivity index (χ4n) is 4.06. The lowest BCUT2D eigenvalue weighted by Crippen LogP contribution is -2.28. The molecule has 32 heavy (non-hydrogen) atoms. The van der Waals surface area contributed by atoms with Gasteiger partial charge in [-0.2, -0.15) is 0 Å². The number of hydrogen-bond donors (Lipinski definition) is 1. The highest BCUT2D eigenvalue weighted by molar-refractivity contribution is 6.07. The van der Waals surface area contributed by atoms with E-state index in [9.17, 15) is 9.59 Å². The lowest BCUT2D eigenvalue weighted by molar-refractivity contribution is 0.0792. The van der Waals surface area contributed by atoms with E-state index >= 15 is 0 Å². The van der Waals surface area contributed by atoms with Crippen LogP contribution in [0.2, 0.25) is 0 Å². The quantitative estimate of drug-likeness (QED) is 0.634. The van der Waals surface area contributed by atoms with Crippen molar-refractivity contribution in [1.82, 2.24) is 24.6 Å². The normalized spacial score (nSPS) is 16.4. The monoisotopic (exact) mass is 432 g/mol. The Hall–Kier alpha value is -3.75. The van der Waals surface area contributed by atoms with Crippen molar-refractivity contribution < 1.29 is 14.3 Å². The molecule has 1 fully saturated rings. The van der Waals surface area contributed by atoms with Crippen LogP contribution in [-0.4, -0.2) is 56.2 Å². The molecule has 1 aromatic carbocycles. The SMILES string of the molecule is O=C1Nc2cccc(n2)-c2nncn2CCCCOc2ccc(C(=O)N3CCCC3)cc21. The molecule has 0 saturated carbocycles. The highest BCUT2D eigenvalue weighted by Gasteiger charge is 2.23. The summed E-state index contributed by atoms with van der Waals surface area (Å²) in [4.78, 5) is 32.4. The Balaban J connectivity index is 1.49. The molecule has 0 unspecified atom stereocenters. The average Bonchev–Trinajstić information content (AvgIpc) is 3.50. The van der Waals surface area contributed by atoms with Crippen LogP contribution < -0.4 is 10.1 Å². The van der Waals surface area contributed by atoms with E-state index in [0.29, 0.717) is 40.8 Å². The number of likely N-dealkylation sites (tertiary alicyclic amines) is 1. The number of amides is 2. The van der Waals surface area contributed by atoms with Crippen molar-refractivity contribution in [3.63, 3.8) is 0 Å². The lowest BCUT2D eigenvalue weighted by atomic mass is 10.1. The van der Waals surface area contributed by atoms with Crippen LogP contribution in [0.15, 0.2) is 42.7 Å². The minimum Gasteiger partial charge on any atom is -0.493 e. The van der Waals surface area contributed by atoms with E-state index in [1.165, 1.54) is 0 Å². The van der Waals surface area contributed by atoms with Gasteiger partial charge in [-0.3, -0.25) is 9.59 Å². The molecule has 9 heteroatoms. The van der Waals surface area contributed by atoms with Crippen LogP contribution in [0.5, 0.6) is 5.75 Å². The molecular formula is C23H24N6O3. The molecule has 0 aliphatic carbocycles. The number of carbonyl (C=O) groups excluding carboxylic acids is 2. The standard InChI is InChI=1S/C23H24N6O3/c30-22-17-14-16(23(31)28-10-1-2-11-28)8-9-19(17)32-13-4-3-12-29-15-24-27-21(29)18-6-5-7-20(25-18)26-22/h5-9,14-15H,1-4,10-13H2,(H,25,26,30). The number of ether oxygens (including phenoxy) is 1. The zero-order valence-electron chi connectivity index (χ0n) is 17.7. The summed E-state index contributed by atoms with van der Waals surface area (Å²) in [7, 11) is 0. The van der Waals surface area contributed by atoms with Crippen molar-refractivity contribution in [1.29, 1.82) is 0 Å². The van der Waals surface area contributed by atoms with E-state index in [4.69, 9.17) is 4.74 Å². The highest BCUT2D eigenvalue weighted by Crippen LogP contribution is 2.25. The van der Waals surface area contributed by atoms with Crippen molar-refractivity contribution in [2.45, 2.75) is 32.2 Å². The molecule has 164 valence electrons. The first kappa shape index (κ1) is 20.2. The fraction of sp³-hybridized carbons (Fsp3) is 0.348. The number of rotatable bonds is 1. The molecule has 1 N–H and O–H groups in total. The molecular weight excluding hydrogens is 408 g/mol. The predicted molar refractivity (Wildman–Crippen MR) is 118 cm³/mol. The van der Waals surface area contributed by atoms with Crippen LogP contribution in [0.3, 0.4) is 0 Å². The van der Waals surface area contributed by atoms with Gasteiger partial charge in [-0.15, -0.1) is 10.2 Å². The third-order valence-electron chi connectivity index (χ3n) is 5.75. The van der Waals surface area contributed by atoms with Gasteiger partial charge < -0.3 is 19.5 Å². The number of pyridine rings is 1. The first-order valence-electron chi connectivity index (χ1n) is 10.9. The Morgan fingerprint density at radius 2 is 1.88 bits per heavy atom. The van der Waals surface area contributed by atoms with Gasteiger partial charge in [0.15, 0.2) is 5.82 Å². The number of aromatic nitrogens is 4. The predicted octanol–water partition coefficient (Wildman–Crippen LogP) is 3.00. The summed E-state index contributed by atoms with van der Waals surface area (Å²) in [6.07, 6.45) is 5.35. The summed E-state index contributed by atoms with van der Waals surface area (Å²) in [5, 5.41) is 11.0. The molecule has 1 saturated heterocycles. The van der Waals surface area contributed by atoms with E-state index in [0.717, 1.165) is 45.3 Å². The van der Waals surface area contributed by atoms with Gasteiger partial charge in [-0.1, -0.05) is 6.07 Å². The van der Waals surface area contributed by atoms with Gasteiger partial charge in [0.1, 0.15) is 23.6 Å².